The van der Waals surface area contributed by atoms with E-state index in [-0.39, 0.29) is 5.91 Å². The zero-order chi connectivity index (χ0) is 20.5. The molecule has 0 unspecified atom stereocenters. The number of nitrogens with zero attached hydrogens (tertiary/aromatic N) is 2. The summed E-state index contributed by atoms with van der Waals surface area (Å²) in [5.74, 6) is 1.33. The Morgan fingerprint density at radius 3 is 2.70 bits per heavy atom. The number of methoxy groups -OCH3 is 1. The maximum absolute atomic E-state index is 13.5. The van der Waals surface area contributed by atoms with E-state index in [1.807, 2.05) is 72.8 Å². The molecule has 0 fully saturated rings. The van der Waals surface area contributed by atoms with Crippen LogP contribution in [0.5, 0.6) is 5.75 Å². The molecule has 2 aromatic heterocycles. The van der Waals surface area contributed by atoms with Crippen LogP contribution in [0.4, 0.5) is 5.13 Å². The number of ether oxygens (including phenoxy) is 1. The van der Waals surface area contributed by atoms with Crippen LogP contribution in [-0.4, -0.2) is 18.0 Å². The van der Waals surface area contributed by atoms with Crippen molar-refractivity contribution in [3.63, 3.8) is 0 Å². The molecule has 0 aliphatic rings. The van der Waals surface area contributed by atoms with Gasteiger partial charge in [-0.15, -0.1) is 0 Å². The second-order valence-electron chi connectivity index (χ2n) is 6.86. The van der Waals surface area contributed by atoms with Crippen LogP contribution in [0.15, 0.2) is 83.5 Å². The van der Waals surface area contributed by atoms with Gasteiger partial charge in [-0.3, -0.25) is 9.69 Å². The van der Waals surface area contributed by atoms with E-state index in [4.69, 9.17) is 14.1 Å². The number of hydrogen-bond acceptors (Lipinski definition) is 5. The lowest BCUT2D eigenvalue weighted by molar-refractivity contribution is 0.0983. The number of hydrogen-bond donors (Lipinski definition) is 0. The number of furan rings is 1. The predicted molar refractivity (Wildman–Crippen MR) is 119 cm³/mol. The number of aromatic nitrogens is 1. The van der Waals surface area contributed by atoms with E-state index in [9.17, 15) is 4.79 Å². The highest BCUT2D eigenvalue weighted by atomic mass is 32.1. The molecule has 30 heavy (non-hydrogen) atoms. The fraction of sp³-hybridized carbons (Fsp3) is 0.0833. The van der Waals surface area contributed by atoms with Gasteiger partial charge in [0.2, 0.25) is 0 Å². The molecule has 0 spiro atoms. The van der Waals surface area contributed by atoms with Crippen LogP contribution in [0.1, 0.15) is 16.1 Å². The summed E-state index contributed by atoms with van der Waals surface area (Å²) >= 11 is 1.46. The molecule has 2 heterocycles. The first-order valence-electron chi connectivity index (χ1n) is 9.49. The van der Waals surface area contributed by atoms with E-state index in [2.05, 4.69) is 0 Å². The number of amides is 1. The fourth-order valence-corrected chi connectivity index (χ4v) is 4.39. The van der Waals surface area contributed by atoms with Crippen LogP contribution in [0.25, 0.3) is 21.0 Å². The van der Waals surface area contributed by atoms with E-state index in [0.717, 1.165) is 26.7 Å². The summed E-state index contributed by atoms with van der Waals surface area (Å²) in [5.41, 5.74) is 1.43. The predicted octanol–water partition coefficient (Wildman–Crippen LogP) is 5.90. The van der Waals surface area contributed by atoms with Gasteiger partial charge in [0.15, 0.2) is 5.13 Å². The first-order chi connectivity index (χ1) is 14.7. The quantitative estimate of drug-likeness (QED) is 0.359. The van der Waals surface area contributed by atoms with Gasteiger partial charge >= 0.3 is 0 Å². The van der Waals surface area contributed by atoms with Gasteiger partial charge in [-0.25, -0.2) is 4.98 Å². The van der Waals surface area contributed by atoms with Crippen LogP contribution in [0.2, 0.25) is 0 Å². The monoisotopic (exact) mass is 414 g/mol. The highest BCUT2D eigenvalue weighted by molar-refractivity contribution is 7.22. The van der Waals surface area contributed by atoms with Crippen LogP contribution < -0.4 is 9.64 Å². The summed E-state index contributed by atoms with van der Waals surface area (Å²) in [4.78, 5) is 19.9. The van der Waals surface area contributed by atoms with Crippen LogP contribution in [0, 0.1) is 0 Å². The Bertz CT molecular complexity index is 1340. The third-order valence-corrected chi connectivity index (χ3v) is 5.99. The second-order valence-corrected chi connectivity index (χ2v) is 7.87. The molecule has 0 bridgehead atoms. The van der Waals surface area contributed by atoms with Gasteiger partial charge in [0.05, 0.1) is 30.1 Å². The lowest BCUT2D eigenvalue weighted by Crippen LogP contribution is -2.30. The van der Waals surface area contributed by atoms with Gasteiger partial charge in [-0.2, -0.15) is 0 Å². The Hall–Kier alpha value is -3.64. The molecular formula is C24H18N2O3S. The molecule has 5 rings (SSSR count). The average molecular weight is 414 g/mol. The molecule has 0 saturated carbocycles. The van der Waals surface area contributed by atoms with E-state index in [1.165, 1.54) is 11.3 Å². The number of anilines is 1. The Balaban J connectivity index is 1.58. The Kier molecular flexibility index (Phi) is 4.69. The highest BCUT2D eigenvalue weighted by Gasteiger charge is 2.23. The Morgan fingerprint density at radius 1 is 1.03 bits per heavy atom. The largest absolute Gasteiger partial charge is 0.497 e. The SMILES string of the molecule is COc1ccc2nc(N(Cc3ccco3)C(=O)c3ccc4ccccc4c3)sc2c1. The van der Waals surface area contributed by atoms with Crippen molar-refractivity contribution in [2.75, 3.05) is 12.0 Å². The normalized spacial score (nSPS) is 11.1. The first kappa shape index (κ1) is 18.4. The van der Waals surface area contributed by atoms with Gasteiger partial charge in [-0.05, 0) is 53.2 Å². The molecule has 3 aromatic carbocycles. The second kappa shape index (κ2) is 7.65. The van der Waals surface area contributed by atoms with Gasteiger partial charge in [0.25, 0.3) is 5.91 Å². The third kappa shape index (κ3) is 3.42. The van der Waals surface area contributed by atoms with E-state index in [1.54, 1.807) is 18.3 Å². The van der Waals surface area contributed by atoms with Crippen LogP contribution in [-0.2, 0) is 6.54 Å². The Labute approximate surface area is 177 Å². The summed E-state index contributed by atoms with van der Waals surface area (Å²) in [6, 6.07) is 23.1. The van der Waals surface area contributed by atoms with Gasteiger partial charge in [0, 0.05) is 5.56 Å². The Morgan fingerprint density at radius 2 is 1.90 bits per heavy atom. The van der Waals surface area contributed by atoms with Crippen molar-refractivity contribution in [3.8, 4) is 5.75 Å². The van der Waals surface area contributed by atoms with Gasteiger partial charge < -0.3 is 9.15 Å². The van der Waals surface area contributed by atoms with E-state index in [0.29, 0.717) is 23.0 Å². The molecule has 0 aliphatic carbocycles. The average Bonchev–Trinajstić information content (AvgIpc) is 3.45. The number of thiazole rings is 1. The lowest BCUT2D eigenvalue weighted by atomic mass is 10.1. The molecule has 6 heteroatoms. The summed E-state index contributed by atoms with van der Waals surface area (Å²) in [7, 11) is 1.63. The van der Waals surface area contributed by atoms with Crippen molar-refractivity contribution in [2.45, 2.75) is 6.54 Å². The van der Waals surface area contributed by atoms with Crippen molar-refractivity contribution >= 4 is 43.4 Å². The first-order valence-corrected chi connectivity index (χ1v) is 10.3. The summed E-state index contributed by atoms with van der Waals surface area (Å²) < 4.78 is 11.8. The molecule has 1 amide bonds. The number of carbonyl (C=O) groups is 1. The van der Waals surface area contributed by atoms with Crippen molar-refractivity contribution in [3.05, 3.63) is 90.4 Å². The topological polar surface area (TPSA) is 55.6 Å². The molecule has 0 atom stereocenters. The summed E-state index contributed by atoms with van der Waals surface area (Å²) in [5, 5.41) is 2.74. The molecule has 0 radical (unpaired) electrons. The van der Waals surface area contributed by atoms with Crippen molar-refractivity contribution in [1.29, 1.82) is 0 Å². The van der Waals surface area contributed by atoms with Crippen LogP contribution >= 0.6 is 11.3 Å². The molecule has 0 N–H and O–H groups in total. The zero-order valence-electron chi connectivity index (χ0n) is 16.2. The number of benzene rings is 3. The zero-order valence-corrected chi connectivity index (χ0v) is 17.1. The van der Waals surface area contributed by atoms with E-state index < -0.39 is 0 Å². The van der Waals surface area contributed by atoms with Crippen molar-refractivity contribution < 1.29 is 13.9 Å². The minimum absolute atomic E-state index is 0.122. The minimum atomic E-state index is -0.122. The maximum Gasteiger partial charge on any atom is 0.260 e. The van der Waals surface area contributed by atoms with Crippen molar-refractivity contribution in [1.82, 2.24) is 4.98 Å². The summed E-state index contributed by atoms with van der Waals surface area (Å²) in [6.45, 7) is 0.301. The van der Waals surface area contributed by atoms with Crippen LogP contribution in [0.3, 0.4) is 0 Å². The number of carbonyl (C=O) groups excluding carboxylic acids is 1. The number of fused-ring (bicyclic) bond motifs is 2. The van der Waals surface area contributed by atoms with Gasteiger partial charge in [-0.1, -0.05) is 41.7 Å². The molecule has 148 valence electrons. The number of rotatable bonds is 5. The molecular weight excluding hydrogens is 396 g/mol. The maximum atomic E-state index is 13.5. The molecule has 0 saturated heterocycles. The minimum Gasteiger partial charge on any atom is -0.497 e. The van der Waals surface area contributed by atoms with Crippen molar-refractivity contribution in [2.24, 2.45) is 0 Å². The molecule has 5 aromatic rings. The fourth-order valence-electron chi connectivity index (χ4n) is 3.40. The standard InChI is InChI=1S/C24H18N2O3S/c1-28-19-10-11-21-22(14-19)30-24(25-21)26(15-20-7-4-12-29-20)23(27)18-9-8-16-5-2-3-6-17(16)13-18/h2-14H,15H2,1H3. The molecule has 5 nitrogen and oxygen atoms in total. The van der Waals surface area contributed by atoms with E-state index >= 15 is 0 Å². The highest BCUT2D eigenvalue weighted by Crippen LogP contribution is 2.33. The smallest absolute Gasteiger partial charge is 0.260 e. The van der Waals surface area contributed by atoms with Gasteiger partial charge in [0.1, 0.15) is 11.5 Å². The summed E-state index contributed by atoms with van der Waals surface area (Å²) in [6.07, 6.45) is 1.61. The lowest BCUT2D eigenvalue weighted by Gasteiger charge is -2.19. The third-order valence-electron chi connectivity index (χ3n) is 4.95. The molecule has 0 aliphatic heterocycles.